The third-order valence-corrected chi connectivity index (χ3v) is 4.20. The highest BCUT2D eigenvalue weighted by molar-refractivity contribution is 5.92. The van der Waals surface area contributed by atoms with Crippen molar-refractivity contribution >= 4 is 17.3 Å². The molecular formula is C16H25N3O. The number of rotatable bonds is 4. The summed E-state index contributed by atoms with van der Waals surface area (Å²) in [7, 11) is 4.01. The van der Waals surface area contributed by atoms with Crippen molar-refractivity contribution < 1.29 is 4.79 Å². The number of carbonyl (C=O) groups is 1. The summed E-state index contributed by atoms with van der Waals surface area (Å²) in [4.78, 5) is 14.3. The van der Waals surface area contributed by atoms with Gasteiger partial charge in [0, 0.05) is 31.4 Å². The molecule has 1 amide bonds. The van der Waals surface area contributed by atoms with Crippen molar-refractivity contribution in [2.75, 3.05) is 30.9 Å². The van der Waals surface area contributed by atoms with E-state index in [0.717, 1.165) is 43.6 Å². The Bertz CT molecular complexity index is 434. The fourth-order valence-electron chi connectivity index (χ4n) is 2.75. The maximum Gasteiger partial charge on any atom is 0.227 e. The molecule has 0 atom stereocenters. The average molecular weight is 275 g/mol. The van der Waals surface area contributed by atoms with E-state index >= 15 is 0 Å². The van der Waals surface area contributed by atoms with Crippen LogP contribution in [0, 0.1) is 11.8 Å². The van der Waals surface area contributed by atoms with Gasteiger partial charge in [0.05, 0.1) is 0 Å². The molecule has 0 bridgehead atoms. The van der Waals surface area contributed by atoms with E-state index in [1.165, 1.54) is 0 Å². The lowest BCUT2D eigenvalue weighted by Crippen LogP contribution is -2.29. The number of anilines is 2. The molecule has 2 rings (SSSR count). The van der Waals surface area contributed by atoms with Gasteiger partial charge in [-0.15, -0.1) is 0 Å². The van der Waals surface area contributed by atoms with Crippen LogP contribution in [0.25, 0.3) is 0 Å². The maximum atomic E-state index is 12.2. The van der Waals surface area contributed by atoms with Crippen LogP contribution in [0.2, 0.25) is 0 Å². The van der Waals surface area contributed by atoms with Gasteiger partial charge in [-0.25, -0.2) is 0 Å². The lowest BCUT2D eigenvalue weighted by molar-refractivity contribution is -0.121. The Labute approximate surface area is 121 Å². The Morgan fingerprint density at radius 3 is 2.30 bits per heavy atom. The standard InChI is InChI=1S/C16H25N3O/c1-19(2)15-9-7-14(8-10-15)18-16(20)13-5-3-12(11-17)4-6-13/h7-10,12-13H,3-6,11,17H2,1-2H3,(H,18,20). The van der Waals surface area contributed by atoms with Crippen molar-refractivity contribution in [3.63, 3.8) is 0 Å². The number of amides is 1. The Kier molecular flexibility index (Phi) is 5.01. The molecule has 0 unspecified atom stereocenters. The number of hydrogen-bond acceptors (Lipinski definition) is 3. The van der Waals surface area contributed by atoms with Crippen molar-refractivity contribution in [2.24, 2.45) is 17.6 Å². The Balaban J connectivity index is 1.88. The van der Waals surface area contributed by atoms with Crippen molar-refractivity contribution in [1.29, 1.82) is 0 Å². The molecule has 0 heterocycles. The van der Waals surface area contributed by atoms with Crippen LogP contribution in [0.1, 0.15) is 25.7 Å². The van der Waals surface area contributed by atoms with Gasteiger partial charge in [0.15, 0.2) is 0 Å². The predicted octanol–water partition coefficient (Wildman–Crippen LogP) is 2.46. The molecule has 0 aliphatic heterocycles. The smallest absolute Gasteiger partial charge is 0.227 e. The molecular weight excluding hydrogens is 250 g/mol. The zero-order valence-corrected chi connectivity index (χ0v) is 12.4. The SMILES string of the molecule is CN(C)c1ccc(NC(=O)C2CCC(CN)CC2)cc1. The van der Waals surface area contributed by atoms with Crippen LogP contribution in [0.4, 0.5) is 11.4 Å². The minimum Gasteiger partial charge on any atom is -0.378 e. The summed E-state index contributed by atoms with van der Waals surface area (Å²) in [6.45, 7) is 0.750. The van der Waals surface area contributed by atoms with E-state index in [9.17, 15) is 4.79 Å². The highest BCUT2D eigenvalue weighted by Crippen LogP contribution is 2.29. The zero-order valence-electron chi connectivity index (χ0n) is 12.4. The lowest BCUT2D eigenvalue weighted by atomic mass is 9.81. The Morgan fingerprint density at radius 2 is 1.80 bits per heavy atom. The van der Waals surface area contributed by atoms with Crippen LogP contribution in [-0.2, 0) is 4.79 Å². The molecule has 0 radical (unpaired) electrons. The predicted molar refractivity (Wildman–Crippen MR) is 83.9 cm³/mol. The molecule has 4 heteroatoms. The first kappa shape index (κ1) is 14.9. The first-order valence-electron chi connectivity index (χ1n) is 7.38. The normalized spacial score (nSPS) is 22.4. The molecule has 1 aliphatic carbocycles. The van der Waals surface area contributed by atoms with Gasteiger partial charge >= 0.3 is 0 Å². The van der Waals surface area contributed by atoms with E-state index in [0.29, 0.717) is 5.92 Å². The van der Waals surface area contributed by atoms with Crippen molar-refractivity contribution in [2.45, 2.75) is 25.7 Å². The molecule has 20 heavy (non-hydrogen) atoms. The molecule has 4 nitrogen and oxygen atoms in total. The second-order valence-corrected chi connectivity index (χ2v) is 5.88. The summed E-state index contributed by atoms with van der Waals surface area (Å²) in [5.74, 6) is 0.905. The number of nitrogens with two attached hydrogens (primary N) is 1. The van der Waals surface area contributed by atoms with Crippen LogP contribution in [0.15, 0.2) is 24.3 Å². The summed E-state index contributed by atoms with van der Waals surface area (Å²) in [6.07, 6.45) is 4.08. The summed E-state index contributed by atoms with van der Waals surface area (Å²) < 4.78 is 0. The monoisotopic (exact) mass is 275 g/mol. The highest BCUT2D eigenvalue weighted by atomic mass is 16.1. The molecule has 1 aliphatic rings. The fourth-order valence-corrected chi connectivity index (χ4v) is 2.75. The average Bonchev–Trinajstić information content (AvgIpc) is 2.48. The molecule has 1 saturated carbocycles. The topological polar surface area (TPSA) is 58.4 Å². The number of benzene rings is 1. The van der Waals surface area contributed by atoms with Gasteiger partial charge in [-0.2, -0.15) is 0 Å². The number of carbonyl (C=O) groups excluding carboxylic acids is 1. The third kappa shape index (κ3) is 3.73. The van der Waals surface area contributed by atoms with Gasteiger partial charge in [-0.3, -0.25) is 4.79 Å². The quantitative estimate of drug-likeness (QED) is 0.887. The molecule has 0 aromatic heterocycles. The minimum atomic E-state index is 0.145. The number of hydrogen-bond donors (Lipinski definition) is 2. The van der Waals surface area contributed by atoms with Gasteiger partial charge in [0.25, 0.3) is 0 Å². The lowest BCUT2D eigenvalue weighted by Gasteiger charge is -2.26. The molecule has 3 N–H and O–H groups in total. The molecule has 0 saturated heterocycles. The largest absolute Gasteiger partial charge is 0.378 e. The van der Waals surface area contributed by atoms with Crippen molar-refractivity contribution in [3.8, 4) is 0 Å². The summed E-state index contributed by atoms with van der Waals surface area (Å²) in [5.41, 5.74) is 7.69. The van der Waals surface area contributed by atoms with Crippen LogP contribution in [-0.4, -0.2) is 26.5 Å². The van der Waals surface area contributed by atoms with E-state index in [4.69, 9.17) is 5.73 Å². The molecule has 1 aromatic rings. The maximum absolute atomic E-state index is 12.2. The van der Waals surface area contributed by atoms with E-state index < -0.39 is 0 Å². The first-order valence-corrected chi connectivity index (χ1v) is 7.38. The molecule has 110 valence electrons. The van der Waals surface area contributed by atoms with Crippen molar-refractivity contribution in [3.05, 3.63) is 24.3 Å². The summed E-state index contributed by atoms with van der Waals surface area (Å²) in [5, 5.41) is 3.02. The van der Waals surface area contributed by atoms with Gasteiger partial charge < -0.3 is 16.0 Å². The van der Waals surface area contributed by atoms with E-state index in [1.807, 2.05) is 43.3 Å². The highest BCUT2D eigenvalue weighted by Gasteiger charge is 2.25. The van der Waals surface area contributed by atoms with Crippen LogP contribution < -0.4 is 16.0 Å². The van der Waals surface area contributed by atoms with E-state index in [-0.39, 0.29) is 11.8 Å². The van der Waals surface area contributed by atoms with Crippen molar-refractivity contribution in [1.82, 2.24) is 0 Å². The third-order valence-electron chi connectivity index (χ3n) is 4.20. The van der Waals surface area contributed by atoms with E-state index in [2.05, 4.69) is 5.32 Å². The van der Waals surface area contributed by atoms with Gasteiger partial charge in [-0.05, 0) is 62.4 Å². The minimum absolute atomic E-state index is 0.145. The van der Waals surface area contributed by atoms with Crippen LogP contribution >= 0.6 is 0 Å². The Hall–Kier alpha value is -1.55. The number of nitrogens with one attached hydrogen (secondary N) is 1. The summed E-state index contributed by atoms with van der Waals surface area (Å²) in [6, 6.07) is 7.94. The molecule has 1 fully saturated rings. The van der Waals surface area contributed by atoms with E-state index in [1.54, 1.807) is 0 Å². The van der Waals surface area contributed by atoms with Gasteiger partial charge in [0.1, 0.15) is 0 Å². The fraction of sp³-hybridized carbons (Fsp3) is 0.562. The number of nitrogens with zero attached hydrogens (tertiary/aromatic N) is 1. The van der Waals surface area contributed by atoms with Crippen LogP contribution in [0.3, 0.4) is 0 Å². The first-order chi connectivity index (χ1) is 9.60. The molecule has 0 spiro atoms. The van der Waals surface area contributed by atoms with Crippen LogP contribution in [0.5, 0.6) is 0 Å². The second kappa shape index (κ2) is 6.75. The van der Waals surface area contributed by atoms with Gasteiger partial charge in [-0.1, -0.05) is 0 Å². The second-order valence-electron chi connectivity index (χ2n) is 5.88. The molecule has 1 aromatic carbocycles. The summed E-state index contributed by atoms with van der Waals surface area (Å²) >= 11 is 0. The van der Waals surface area contributed by atoms with Gasteiger partial charge in [0.2, 0.25) is 5.91 Å². The Morgan fingerprint density at radius 1 is 1.20 bits per heavy atom. The zero-order chi connectivity index (χ0) is 14.5.